The molecule has 1 atom stereocenters. The molecule has 0 unspecified atom stereocenters. The molecule has 1 amide bonds. The van der Waals surface area contributed by atoms with Crippen LogP contribution in [0, 0.1) is 5.92 Å². The van der Waals surface area contributed by atoms with Gasteiger partial charge in [-0.15, -0.1) is 0 Å². The average molecular weight is 389 g/mol. The number of rotatable bonds is 4. The molecule has 2 aromatic rings. The lowest BCUT2D eigenvalue weighted by Gasteiger charge is -2.32. The number of alkyl halides is 2. The topological polar surface area (TPSA) is 47.6 Å². The van der Waals surface area contributed by atoms with Gasteiger partial charge in [0.25, 0.3) is 0 Å². The smallest absolute Gasteiger partial charge is 0.408 e. The van der Waals surface area contributed by atoms with E-state index in [1.807, 2.05) is 43.3 Å². The van der Waals surface area contributed by atoms with Gasteiger partial charge in [0.2, 0.25) is 5.92 Å². The summed E-state index contributed by atoms with van der Waals surface area (Å²) < 4.78 is 38.0. The number of benzene rings is 2. The van der Waals surface area contributed by atoms with Gasteiger partial charge in [0.1, 0.15) is 12.4 Å². The molecular formula is C22H25F2NO3. The van der Waals surface area contributed by atoms with Gasteiger partial charge in [-0.25, -0.2) is 13.6 Å². The summed E-state index contributed by atoms with van der Waals surface area (Å²) in [5.74, 6) is -2.38. The van der Waals surface area contributed by atoms with Crippen LogP contribution >= 0.6 is 0 Å². The van der Waals surface area contributed by atoms with Crippen molar-refractivity contribution in [1.82, 2.24) is 5.32 Å². The summed E-state index contributed by atoms with van der Waals surface area (Å²) in [6.45, 7) is 3.25. The number of cyclic esters (lactones) is 1. The highest BCUT2D eigenvalue weighted by Gasteiger charge is 2.38. The van der Waals surface area contributed by atoms with E-state index in [1.165, 1.54) is 0 Å². The van der Waals surface area contributed by atoms with Gasteiger partial charge < -0.3 is 14.8 Å². The largest absolute Gasteiger partial charge is 0.490 e. The lowest BCUT2D eigenvalue weighted by molar-refractivity contribution is -0.0630. The zero-order valence-corrected chi connectivity index (χ0v) is 16.1. The van der Waals surface area contributed by atoms with Gasteiger partial charge in [-0.1, -0.05) is 18.2 Å². The van der Waals surface area contributed by atoms with Crippen LogP contribution in [0.1, 0.15) is 45.1 Å². The summed E-state index contributed by atoms with van der Waals surface area (Å²) in [7, 11) is 0. The van der Waals surface area contributed by atoms with E-state index >= 15 is 0 Å². The van der Waals surface area contributed by atoms with Crippen LogP contribution in [-0.4, -0.2) is 24.7 Å². The van der Waals surface area contributed by atoms with E-state index in [0.29, 0.717) is 32.3 Å². The molecule has 0 radical (unpaired) electrons. The van der Waals surface area contributed by atoms with Crippen molar-refractivity contribution in [2.75, 3.05) is 6.61 Å². The zero-order valence-electron chi connectivity index (χ0n) is 16.1. The summed E-state index contributed by atoms with van der Waals surface area (Å²) in [6, 6.07) is 11.9. The Morgan fingerprint density at radius 3 is 2.43 bits per heavy atom. The molecule has 2 aliphatic rings. The van der Waals surface area contributed by atoms with Crippen molar-refractivity contribution in [2.45, 2.75) is 57.1 Å². The molecule has 1 aliphatic carbocycles. The number of alkyl carbamates (subject to hydrolysis) is 1. The van der Waals surface area contributed by atoms with Gasteiger partial charge in [-0.3, -0.25) is 0 Å². The molecule has 1 N–H and O–H groups in total. The molecule has 150 valence electrons. The first kappa shape index (κ1) is 19.0. The first-order valence-corrected chi connectivity index (χ1v) is 9.77. The Kier molecular flexibility index (Phi) is 4.68. The van der Waals surface area contributed by atoms with Crippen LogP contribution < -0.4 is 10.1 Å². The van der Waals surface area contributed by atoms with Crippen LogP contribution in [-0.2, 0) is 10.3 Å². The van der Waals surface area contributed by atoms with E-state index in [0.717, 1.165) is 29.0 Å². The van der Waals surface area contributed by atoms with Gasteiger partial charge in [-0.2, -0.15) is 0 Å². The predicted octanol–water partition coefficient (Wildman–Crippen LogP) is 5.39. The van der Waals surface area contributed by atoms with E-state index in [-0.39, 0.29) is 6.10 Å². The van der Waals surface area contributed by atoms with Crippen molar-refractivity contribution in [2.24, 2.45) is 5.92 Å². The summed E-state index contributed by atoms with van der Waals surface area (Å²) >= 11 is 0. The summed E-state index contributed by atoms with van der Waals surface area (Å²) in [4.78, 5) is 11.4. The van der Waals surface area contributed by atoms with E-state index in [2.05, 4.69) is 5.32 Å². The molecule has 4 nitrogen and oxygen atoms in total. The highest BCUT2D eigenvalue weighted by atomic mass is 19.3. The lowest BCUT2D eigenvalue weighted by Crippen LogP contribution is -2.37. The molecule has 2 fully saturated rings. The third-order valence-electron chi connectivity index (χ3n) is 6.01. The summed E-state index contributed by atoms with van der Waals surface area (Å²) in [5.41, 5.74) is 0.457. The molecular weight excluding hydrogens is 364 g/mol. The average Bonchev–Trinajstić information content (AvgIpc) is 3.01. The minimum absolute atomic E-state index is 0.0138. The second-order valence-electron chi connectivity index (χ2n) is 8.30. The highest BCUT2D eigenvalue weighted by molar-refractivity contribution is 5.85. The SMILES string of the molecule is CC(F)(F)[C@H]1CC[C@@H](Oc2ccc3cc([C@]4(C)COC(=O)N4)ccc3c2)CC1. The van der Waals surface area contributed by atoms with Crippen LogP contribution in [0.15, 0.2) is 36.4 Å². The van der Waals surface area contributed by atoms with Crippen LogP contribution in [0.2, 0.25) is 0 Å². The molecule has 4 rings (SSSR count). The van der Waals surface area contributed by atoms with E-state index < -0.39 is 23.5 Å². The van der Waals surface area contributed by atoms with Crippen molar-refractivity contribution < 1.29 is 23.0 Å². The van der Waals surface area contributed by atoms with Gasteiger partial charge in [0.15, 0.2) is 0 Å². The molecule has 0 aromatic heterocycles. The van der Waals surface area contributed by atoms with Crippen LogP contribution in [0.5, 0.6) is 5.75 Å². The Labute approximate surface area is 163 Å². The Hall–Kier alpha value is -2.37. The minimum atomic E-state index is -2.61. The van der Waals surface area contributed by atoms with E-state index in [4.69, 9.17) is 9.47 Å². The van der Waals surface area contributed by atoms with Gasteiger partial charge in [0.05, 0.1) is 11.6 Å². The summed E-state index contributed by atoms with van der Waals surface area (Å²) in [5, 5.41) is 4.93. The number of carbonyl (C=O) groups excluding carboxylic acids is 1. The van der Waals surface area contributed by atoms with Crippen molar-refractivity contribution >= 4 is 16.9 Å². The number of hydrogen-bond acceptors (Lipinski definition) is 3. The minimum Gasteiger partial charge on any atom is -0.490 e. The van der Waals surface area contributed by atoms with Gasteiger partial charge >= 0.3 is 6.09 Å². The van der Waals surface area contributed by atoms with E-state index in [1.54, 1.807) is 0 Å². The van der Waals surface area contributed by atoms with Crippen LogP contribution in [0.4, 0.5) is 13.6 Å². The first-order chi connectivity index (χ1) is 13.2. The van der Waals surface area contributed by atoms with E-state index in [9.17, 15) is 13.6 Å². The highest BCUT2D eigenvalue weighted by Crippen LogP contribution is 2.37. The Bertz CT molecular complexity index is 887. The standard InChI is InChI=1S/C22H25F2NO3/c1-21(13-27-20(26)25-21)17-5-3-15-12-19(8-4-14(15)11-17)28-18-9-6-16(7-10-18)22(2,23)24/h3-5,8,11-12,16,18H,6-7,9-10,13H2,1-2H3,(H,25,26)/t16-,18+,21-/m0/s1. The monoisotopic (exact) mass is 389 g/mol. The number of ether oxygens (including phenoxy) is 2. The predicted molar refractivity (Wildman–Crippen MR) is 103 cm³/mol. The zero-order chi connectivity index (χ0) is 19.9. The van der Waals surface area contributed by atoms with Gasteiger partial charge in [0, 0.05) is 5.92 Å². The number of amides is 1. The fourth-order valence-electron chi connectivity index (χ4n) is 4.18. The molecule has 28 heavy (non-hydrogen) atoms. The third-order valence-corrected chi connectivity index (χ3v) is 6.01. The maximum absolute atomic E-state index is 13.5. The second kappa shape index (κ2) is 6.90. The molecule has 0 spiro atoms. The quantitative estimate of drug-likeness (QED) is 0.763. The normalized spacial score (nSPS) is 28.1. The molecule has 1 saturated carbocycles. The van der Waals surface area contributed by atoms with Crippen molar-refractivity contribution in [3.8, 4) is 5.75 Å². The summed E-state index contributed by atoms with van der Waals surface area (Å²) in [6.07, 6.45) is 1.89. The number of hydrogen-bond donors (Lipinski definition) is 1. The fourth-order valence-corrected chi connectivity index (χ4v) is 4.18. The first-order valence-electron chi connectivity index (χ1n) is 9.77. The molecule has 1 aliphatic heterocycles. The third kappa shape index (κ3) is 3.77. The van der Waals surface area contributed by atoms with Crippen LogP contribution in [0.25, 0.3) is 10.8 Å². The van der Waals surface area contributed by atoms with Crippen molar-refractivity contribution in [1.29, 1.82) is 0 Å². The molecule has 1 saturated heterocycles. The number of halogens is 2. The molecule has 1 heterocycles. The number of nitrogens with one attached hydrogen (secondary N) is 1. The Morgan fingerprint density at radius 1 is 1.11 bits per heavy atom. The van der Waals surface area contributed by atoms with Crippen molar-refractivity contribution in [3.05, 3.63) is 42.0 Å². The number of carbonyl (C=O) groups is 1. The molecule has 6 heteroatoms. The van der Waals surface area contributed by atoms with Crippen molar-refractivity contribution in [3.63, 3.8) is 0 Å². The maximum Gasteiger partial charge on any atom is 0.408 e. The second-order valence-corrected chi connectivity index (χ2v) is 8.30. The molecule has 0 bridgehead atoms. The fraction of sp³-hybridized carbons (Fsp3) is 0.500. The van der Waals surface area contributed by atoms with Gasteiger partial charge in [-0.05, 0) is 74.1 Å². The lowest BCUT2D eigenvalue weighted by atomic mass is 9.84. The number of fused-ring (bicyclic) bond motifs is 1. The Morgan fingerprint density at radius 2 is 1.79 bits per heavy atom. The maximum atomic E-state index is 13.5. The Balaban J connectivity index is 1.46. The molecule has 2 aromatic carbocycles. The van der Waals surface area contributed by atoms with Crippen LogP contribution in [0.3, 0.4) is 0 Å².